The highest BCUT2D eigenvalue weighted by molar-refractivity contribution is 5.90. The van der Waals surface area contributed by atoms with Crippen LogP contribution in [-0.2, 0) is 11.3 Å². The molecule has 1 aromatic carbocycles. The Morgan fingerprint density at radius 2 is 2.30 bits per heavy atom. The SMILES string of the molecule is COCc1ccc2c(c1)N2. The van der Waals surface area contributed by atoms with E-state index in [-0.39, 0.29) is 0 Å². The molecule has 2 nitrogen and oxygen atoms in total. The van der Waals surface area contributed by atoms with Gasteiger partial charge < -0.3 is 10.1 Å². The summed E-state index contributed by atoms with van der Waals surface area (Å²) in [6, 6.07) is 6.25. The minimum absolute atomic E-state index is 0.703. The average molecular weight is 135 g/mol. The van der Waals surface area contributed by atoms with Crippen molar-refractivity contribution >= 4 is 11.4 Å². The molecule has 52 valence electrons. The maximum absolute atomic E-state index is 4.98. The van der Waals surface area contributed by atoms with E-state index in [1.807, 2.05) is 0 Å². The molecule has 0 aromatic heterocycles. The highest BCUT2D eigenvalue weighted by Gasteiger charge is 2.14. The molecular formula is C8H9NO. The Kier molecular flexibility index (Phi) is 1.14. The molecule has 1 aromatic rings. The number of rotatable bonds is 2. The quantitative estimate of drug-likeness (QED) is 0.637. The third kappa shape index (κ3) is 0.866. The summed E-state index contributed by atoms with van der Waals surface area (Å²) in [5.74, 6) is 0. The molecule has 1 aliphatic heterocycles. The first kappa shape index (κ1) is 5.74. The zero-order chi connectivity index (χ0) is 6.97. The Hall–Kier alpha value is -1.02. The molecule has 0 unspecified atom stereocenters. The van der Waals surface area contributed by atoms with Crippen molar-refractivity contribution < 1.29 is 4.74 Å². The van der Waals surface area contributed by atoms with Crippen molar-refractivity contribution in [3.8, 4) is 0 Å². The summed E-state index contributed by atoms with van der Waals surface area (Å²) in [6.45, 7) is 0.703. The summed E-state index contributed by atoms with van der Waals surface area (Å²) in [4.78, 5) is 0. The summed E-state index contributed by atoms with van der Waals surface area (Å²) in [7, 11) is 1.71. The van der Waals surface area contributed by atoms with Gasteiger partial charge in [0.2, 0.25) is 0 Å². The van der Waals surface area contributed by atoms with E-state index in [2.05, 4.69) is 23.5 Å². The molecule has 0 spiro atoms. The van der Waals surface area contributed by atoms with Gasteiger partial charge in [0.1, 0.15) is 0 Å². The normalized spacial score (nSPS) is 12.1. The molecule has 0 fully saturated rings. The molecule has 2 rings (SSSR count). The topological polar surface area (TPSA) is 31.2 Å². The highest BCUT2D eigenvalue weighted by Crippen LogP contribution is 2.38. The smallest absolute Gasteiger partial charge is 0.0713 e. The van der Waals surface area contributed by atoms with Crippen molar-refractivity contribution in [3.63, 3.8) is 0 Å². The lowest BCUT2D eigenvalue weighted by Gasteiger charge is -1.94. The summed E-state index contributed by atoms with van der Waals surface area (Å²) in [6.07, 6.45) is 0. The second-order valence-electron chi connectivity index (χ2n) is 2.44. The van der Waals surface area contributed by atoms with Crippen LogP contribution in [0.3, 0.4) is 0 Å². The zero-order valence-corrected chi connectivity index (χ0v) is 5.85. The Morgan fingerprint density at radius 1 is 1.40 bits per heavy atom. The van der Waals surface area contributed by atoms with Crippen LogP contribution in [0.1, 0.15) is 5.56 Å². The van der Waals surface area contributed by atoms with Crippen molar-refractivity contribution in [2.24, 2.45) is 0 Å². The fraction of sp³-hybridized carbons (Fsp3) is 0.250. The maximum Gasteiger partial charge on any atom is 0.0713 e. The Morgan fingerprint density at radius 3 is 3.00 bits per heavy atom. The first-order chi connectivity index (χ1) is 4.90. The van der Waals surface area contributed by atoms with Gasteiger partial charge in [-0.25, -0.2) is 0 Å². The molecule has 10 heavy (non-hydrogen) atoms. The van der Waals surface area contributed by atoms with Crippen LogP contribution in [0.5, 0.6) is 0 Å². The van der Waals surface area contributed by atoms with Crippen molar-refractivity contribution in [2.45, 2.75) is 6.61 Å². The highest BCUT2D eigenvalue weighted by atomic mass is 16.5. The molecular weight excluding hydrogens is 126 g/mol. The minimum Gasteiger partial charge on any atom is -0.380 e. The molecule has 1 aliphatic rings. The molecule has 0 bridgehead atoms. The molecule has 0 amide bonds. The largest absolute Gasteiger partial charge is 0.380 e. The molecule has 1 heterocycles. The predicted octanol–water partition coefficient (Wildman–Crippen LogP) is 1.89. The second kappa shape index (κ2) is 1.99. The molecule has 0 saturated heterocycles. The number of hydrogen-bond acceptors (Lipinski definition) is 2. The fourth-order valence-corrected chi connectivity index (χ4v) is 1.04. The average Bonchev–Trinajstić information content (AvgIpc) is 2.66. The standard InChI is InChI=1S/C8H9NO/c1-10-5-6-2-3-7-8(4-6)9-7/h2-4,9H,5H2,1H3. The Labute approximate surface area is 59.8 Å². The third-order valence-electron chi connectivity index (χ3n) is 1.60. The van der Waals surface area contributed by atoms with Crippen LogP contribution in [0, 0.1) is 0 Å². The van der Waals surface area contributed by atoms with Crippen molar-refractivity contribution in [2.75, 3.05) is 12.4 Å². The fourth-order valence-electron chi connectivity index (χ4n) is 1.04. The van der Waals surface area contributed by atoms with Crippen LogP contribution in [0.2, 0.25) is 0 Å². The summed E-state index contributed by atoms with van der Waals surface area (Å²) in [5, 5.41) is 3.13. The van der Waals surface area contributed by atoms with Gasteiger partial charge in [-0.15, -0.1) is 0 Å². The summed E-state index contributed by atoms with van der Waals surface area (Å²) < 4.78 is 4.98. The number of methoxy groups -OCH3 is 1. The van der Waals surface area contributed by atoms with E-state index in [4.69, 9.17) is 4.74 Å². The molecule has 0 atom stereocenters. The lowest BCUT2D eigenvalue weighted by Crippen LogP contribution is -1.83. The van der Waals surface area contributed by atoms with Gasteiger partial charge in [0.15, 0.2) is 0 Å². The van der Waals surface area contributed by atoms with Crippen LogP contribution in [0.4, 0.5) is 11.4 Å². The van der Waals surface area contributed by atoms with Gasteiger partial charge in [0.05, 0.1) is 18.0 Å². The zero-order valence-electron chi connectivity index (χ0n) is 5.85. The van der Waals surface area contributed by atoms with E-state index in [0.717, 1.165) is 0 Å². The van der Waals surface area contributed by atoms with E-state index < -0.39 is 0 Å². The lowest BCUT2D eigenvalue weighted by molar-refractivity contribution is 0.185. The minimum atomic E-state index is 0.703. The molecule has 0 aliphatic carbocycles. The van der Waals surface area contributed by atoms with Gasteiger partial charge in [-0.2, -0.15) is 0 Å². The van der Waals surface area contributed by atoms with Gasteiger partial charge in [0.25, 0.3) is 0 Å². The van der Waals surface area contributed by atoms with Gasteiger partial charge in [0, 0.05) is 7.11 Å². The van der Waals surface area contributed by atoms with Gasteiger partial charge in [-0.05, 0) is 17.7 Å². The Balaban J connectivity index is 2.22. The van der Waals surface area contributed by atoms with Crippen LogP contribution >= 0.6 is 0 Å². The van der Waals surface area contributed by atoms with Crippen LogP contribution < -0.4 is 5.32 Å². The van der Waals surface area contributed by atoms with E-state index in [1.54, 1.807) is 7.11 Å². The number of benzene rings is 1. The van der Waals surface area contributed by atoms with E-state index in [9.17, 15) is 0 Å². The number of ether oxygens (including phenoxy) is 1. The summed E-state index contributed by atoms with van der Waals surface area (Å²) in [5.41, 5.74) is 3.72. The first-order valence-corrected chi connectivity index (χ1v) is 3.29. The van der Waals surface area contributed by atoms with Crippen molar-refractivity contribution in [1.29, 1.82) is 0 Å². The van der Waals surface area contributed by atoms with Crippen LogP contribution in [-0.4, -0.2) is 7.11 Å². The lowest BCUT2D eigenvalue weighted by atomic mass is 10.2. The number of fused-ring (bicyclic) bond motifs is 1. The molecule has 0 saturated carbocycles. The maximum atomic E-state index is 4.98. The van der Waals surface area contributed by atoms with E-state index >= 15 is 0 Å². The molecule has 0 radical (unpaired) electrons. The van der Waals surface area contributed by atoms with Crippen molar-refractivity contribution in [3.05, 3.63) is 23.8 Å². The second-order valence-corrected chi connectivity index (χ2v) is 2.44. The van der Waals surface area contributed by atoms with Gasteiger partial charge in [-0.1, -0.05) is 6.07 Å². The predicted molar refractivity (Wildman–Crippen MR) is 40.4 cm³/mol. The van der Waals surface area contributed by atoms with E-state index in [1.165, 1.54) is 16.9 Å². The number of hydrogen-bond donors (Lipinski definition) is 1. The summed E-state index contributed by atoms with van der Waals surface area (Å²) >= 11 is 0. The van der Waals surface area contributed by atoms with Crippen molar-refractivity contribution in [1.82, 2.24) is 0 Å². The first-order valence-electron chi connectivity index (χ1n) is 3.29. The number of nitrogens with one attached hydrogen (secondary N) is 1. The number of anilines is 2. The van der Waals surface area contributed by atoms with Crippen LogP contribution in [0.15, 0.2) is 18.2 Å². The monoisotopic (exact) mass is 135 g/mol. The molecule has 2 heteroatoms. The van der Waals surface area contributed by atoms with E-state index in [0.29, 0.717) is 6.61 Å². The Bertz CT molecular complexity index is 257. The third-order valence-corrected chi connectivity index (χ3v) is 1.60. The van der Waals surface area contributed by atoms with Gasteiger partial charge in [-0.3, -0.25) is 0 Å². The van der Waals surface area contributed by atoms with Crippen LogP contribution in [0.25, 0.3) is 0 Å². The van der Waals surface area contributed by atoms with Gasteiger partial charge >= 0.3 is 0 Å². The molecule has 1 N–H and O–H groups in total.